The lowest BCUT2D eigenvalue weighted by Gasteiger charge is -2.36. The molecule has 1 spiro atoms. The van der Waals surface area contributed by atoms with E-state index in [-0.39, 0.29) is 28.4 Å². The third-order valence-corrected chi connectivity index (χ3v) is 8.82. The number of nitrogens with one attached hydrogen (secondary N) is 2. The van der Waals surface area contributed by atoms with E-state index in [9.17, 15) is 24.3 Å². The molecule has 1 saturated heterocycles. The Morgan fingerprint density at radius 3 is 2.05 bits per heavy atom. The summed E-state index contributed by atoms with van der Waals surface area (Å²) in [4.78, 5) is 54.1. The molecule has 2 aliphatic carbocycles. The average molecular weight is 536 g/mol. The van der Waals surface area contributed by atoms with Crippen molar-refractivity contribution in [3.8, 4) is 0 Å². The highest BCUT2D eigenvalue weighted by atomic mass is 16.6. The topological polar surface area (TPSA) is 125 Å². The van der Waals surface area contributed by atoms with Gasteiger partial charge in [0.2, 0.25) is 11.8 Å². The number of hydrogen-bond acceptors (Lipinski definition) is 6. The van der Waals surface area contributed by atoms with Gasteiger partial charge in [0.15, 0.2) is 5.78 Å². The number of carbonyl (C=O) groups is 4. The molecular formula is C29H49N3O6. The third-order valence-electron chi connectivity index (χ3n) is 8.82. The normalized spacial score (nSPS) is 27.2. The Kier molecular flexibility index (Phi) is 8.34. The Bertz CT molecular complexity index is 945. The van der Waals surface area contributed by atoms with E-state index in [2.05, 4.69) is 24.5 Å². The number of rotatable bonds is 8. The summed E-state index contributed by atoms with van der Waals surface area (Å²) in [6.07, 6.45) is 3.13. The Balaban J connectivity index is 1.85. The fourth-order valence-electron chi connectivity index (χ4n) is 6.02. The second-order valence-corrected chi connectivity index (χ2v) is 14.7. The molecule has 2 saturated carbocycles. The molecule has 0 aromatic rings. The molecule has 1 heterocycles. The second kappa shape index (κ2) is 10.4. The molecule has 0 radical (unpaired) electrons. The summed E-state index contributed by atoms with van der Waals surface area (Å²) in [5.74, 6) is -0.700. The lowest BCUT2D eigenvalue weighted by Crippen LogP contribution is -2.59. The van der Waals surface area contributed by atoms with Crippen LogP contribution in [0.25, 0.3) is 0 Å². The van der Waals surface area contributed by atoms with Crippen molar-refractivity contribution in [3.05, 3.63) is 0 Å². The summed E-state index contributed by atoms with van der Waals surface area (Å²) in [7, 11) is 0. The van der Waals surface area contributed by atoms with Gasteiger partial charge in [-0.2, -0.15) is 0 Å². The van der Waals surface area contributed by atoms with Gasteiger partial charge in [0.1, 0.15) is 23.8 Å². The number of amides is 3. The number of nitrogens with zero attached hydrogens (tertiary/aromatic N) is 1. The molecule has 216 valence electrons. The molecule has 1 aliphatic heterocycles. The molecular weight excluding hydrogens is 486 g/mol. The second-order valence-electron chi connectivity index (χ2n) is 14.7. The molecule has 0 bridgehead atoms. The van der Waals surface area contributed by atoms with E-state index in [1.165, 1.54) is 6.92 Å². The van der Waals surface area contributed by atoms with Gasteiger partial charge >= 0.3 is 6.09 Å². The number of Topliss-reactive ketones (excluding diaryl/α,β-unsaturated/α-hetero) is 1. The quantitative estimate of drug-likeness (QED) is 0.436. The minimum absolute atomic E-state index is 0.0133. The Hall–Kier alpha value is -2.16. The highest BCUT2D eigenvalue weighted by Gasteiger charge is 2.67. The van der Waals surface area contributed by atoms with Crippen LogP contribution >= 0.6 is 0 Å². The van der Waals surface area contributed by atoms with Crippen molar-refractivity contribution >= 4 is 23.7 Å². The van der Waals surface area contributed by atoms with Crippen LogP contribution in [-0.2, 0) is 19.1 Å². The highest BCUT2D eigenvalue weighted by molar-refractivity contribution is 5.93. The number of hydrogen-bond donors (Lipinski definition) is 3. The standard InChI is InChI=1S/C29H49N3O6/c1-17(33)21(34)19(13-18-11-10-12-18)30-23(35)20-14-29(15-28(29,8)9)16-32(20)24(36)22(26(2,3)4)31-25(37)38-27(5,6)7/h18-22,34H,10-16H2,1-9H3,(H,30,35)(H,31,37)/t19?,20-,21?,22+,29?/m0/s1. The Morgan fingerprint density at radius 1 is 1.05 bits per heavy atom. The lowest BCUT2D eigenvalue weighted by molar-refractivity contribution is -0.143. The lowest BCUT2D eigenvalue weighted by atomic mass is 9.79. The molecule has 3 rings (SSSR count). The van der Waals surface area contributed by atoms with E-state index in [1.807, 2.05) is 20.8 Å². The van der Waals surface area contributed by atoms with E-state index in [4.69, 9.17) is 4.74 Å². The molecule has 0 aromatic carbocycles. The van der Waals surface area contributed by atoms with Crippen LogP contribution in [0.3, 0.4) is 0 Å². The molecule has 3 unspecified atom stereocenters. The monoisotopic (exact) mass is 535 g/mol. The maximum Gasteiger partial charge on any atom is 0.408 e. The molecule has 5 atom stereocenters. The number of aliphatic hydroxyl groups is 1. The zero-order chi connectivity index (χ0) is 28.8. The summed E-state index contributed by atoms with van der Waals surface area (Å²) >= 11 is 0. The van der Waals surface area contributed by atoms with Crippen LogP contribution in [0, 0.1) is 22.2 Å². The molecule has 9 heteroatoms. The smallest absolute Gasteiger partial charge is 0.408 e. The maximum absolute atomic E-state index is 14.1. The van der Waals surface area contributed by atoms with Crippen LogP contribution < -0.4 is 10.6 Å². The molecule has 3 fully saturated rings. The first-order chi connectivity index (χ1) is 17.3. The zero-order valence-electron chi connectivity index (χ0n) is 24.8. The van der Waals surface area contributed by atoms with Gasteiger partial charge in [-0.15, -0.1) is 0 Å². The molecule has 3 amide bonds. The summed E-state index contributed by atoms with van der Waals surface area (Å²) in [5, 5.41) is 16.3. The number of ketones is 1. The van der Waals surface area contributed by atoms with Gasteiger partial charge in [-0.1, -0.05) is 53.9 Å². The minimum atomic E-state index is -1.28. The van der Waals surface area contributed by atoms with Crippen molar-refractivity contribution in [2.24, 2.45) is 22.2 Å². The number of aliphatic hydroxyl groups excluding tert-OH is 1. The van der Waals surface area contributed by atoms with Crippen molar-refractivity contribution in [1.82, 2.24) is 15.5 Å². The first-order valence-electron chi connectivity index (χ1n) is 14.1. The largest absolute Gasteiger partial charge is 0.444 e. The molecule has 0 aromatic heterocycles. The highest BCUT2D eigenvalue weighted by Crippen LogP contribution is 2.69. The summed E-state index contributed by atoms with van der Waals surface area (Å²) < 4.78 is 5.43. The van der Waals surface area contributed by atoms with Crippen LogP contribution in [0.15, 0.2) is 0 Å². The van der Waals surface area contributed by atoms with E-state index < -0.39 is 41.3 Å². The molecule has 3 aliphatic rings. The molecule has 3 N–H and O–H groups in total. The van der Waals surface area contributed by atoms with E-state index >= 15 is 0 Å². The van der Waals surface area contributed by atoms with Crippen molar-refractivity contribution < 1.29 is 29.0 Å². The van der Waals surface area contributed by atoms with Gasteiger partial charge < -0.3 is 25.4 Å². The van der Waals surface area contributed by atoms with E-state index in [1.54, 1.807) is 25.7 Å². The zero-order valence-corrected chi connectivity index (χ0v) is 24.8. The fraction of sp³-hybridized carbons (Fsp3) is 0.862. The number of likely N-dealkylation sites (tertiary alicyclic amines) is 1. The Labute approximate surface area is 227 Å². The van der Waals surface area contributed by atoms with Gasteiger partial charge in [-0.05, 0) is 69.1 Å². The first-order valence-corrected chi connectivity index (χ1v) is 14.1. The third kappa shape index (κ3) is 6.69. The van der Waals surface area contributed by atoms with Crippen LogP contribution in [0.2, 0.25) is 0 Å². The van der Waals surface area contributed by atoms with Gasteiger partial charge in [0, 0.05) is 6.54 Å². The fourth-order valence-corrected chi connectivity index (χ4v) is 6.02. The van der Waals surface area contributed by atoms with Gasteiger partial charge in [-0.3, -0.25) is 14.4 Å². The molecule has 9 nitrogen and oxygen atoms in total. The minimum Gasteiger partial charge on any atom is -0.444 e. The Morgan fingerprint density at radius 2 is 1.63 bits per heavy atom. The van der Waals surface area contributed by atoms with Gasteiger partial charge in [0.05, 0.1) is 6.04 Å². The van der Waals surface area contributed by atoms with Crippen LogP contribution in [0.1, 0.15) is 101 Å². The number of ether oxygens (including phenoxy) is 1. The van der Waals surface area contributed by atoms with Crippen LogP contribution in [0.4, 0.5) is 4.79 Å². The predicted octanol–water partition coefficient (Wildman–Crippen LogP) is 3.57. The number of alkyl carbamates (subject to hydrolysis) is 1. The summed E-state index contributed by atoms with van der Waals surface area (Å²) in [6.45, 7) is 16.9. The predicted molar refractivity (Wildman–Crippen MR) is 144 cm³/mol. The maximum atomic E-state index is 14.1. The van der Waals surface area contributed by atoms with Crippen molar-refractivity contribution in [3.63, 3.8) is 0 Å². The van der Waals surface area contributed by atoms with E-state index in [0.29, 0.717) is 25.3 Å². The van der Waals surface area contributed by atoms with Crippen molar-refractivity contribution in [2.75, 3.05) is 6.54 Å². The van der Waals surface area contributed by atoms with Crippen LogP contribution in [0.5, 0.6) is 0 Å². The van der Waals surface area contributed by atoms with Gasteiger partial charge in [-0.25, -0.2) is 4.79 Å². The van der Waals surface area contributed by atoms with Crippen molar-refractivity contribution in [2.45, 2.75) is 131 Å². The SMILES string of the molecule is CC(=O)C(O)C(CC1CCC1)NC(=O)[C@@H]1CC2(CN1C(=O)[C@@H](NC(=O)OC(C)(C)C)C(C)(C)C)CC2(C)C. The van der Waals surface area contributed by atoms with Gasteiger partial charge in [0.25, 0.3) is 0 Å². The summed E-state index contributed by atoms with van der Waals surface area (Å²) in [5.41, 5.74) is -1.55. The summed E-state index contributed by atoms with van der Waals surface area (Å²) in [6, 6.07) is -2.35. The van der Waals surface area contributed by atoms with Crippen molar-refractivity contribution in [1.29, 1.82) is 0 Å². The first kappa shape index (κ1) is 30.4. The molecule has 38 heavy (non-hydrogen) atoms. The average Bonchev–Trinajstić information content (AvgIpc) is 3.05. The van der Waals surface area contributed by atoms with Crippen LogP contribution in [-0.4, -0.2) is 70.1 Å². The number of carbonyl (C=O) groups excluding carboxylic acids is 4. The van der Waals surface area contributed by atoms with E-state index in [0.717, 1.165) is 25.7 Å².